The molecule has 0 bridgehead atoms. The highest BCUT2D eigenvalue weighted by atomic mass is 79.9. The molecule has 3 aromatic rings. The Labute approximate surface area is 176 Å². The number of nitriles is 1. The van der Waals surface area contributed by atoms with Gasteiger partial charge in [0, 0.05) is 29.0 Å². The van der Waals surface area contributed by atoms with Gasteiger partial charge >= 0.3 is 5.97 Å². The summed E-state index contributed by atoms with van der Waals surface area (Å²) in [6.07, 6.45) is 0.223. The van der Waals surface area contributed by atoms with Gasteiger partial charge in [0.2, 0.25) is 0 Å². The van der Waals surface area contributed by atoms with Crippen LogP contribution in [0.4, 0.5) is 0 Å². The molecule has 29 heavy (non-hydrogen) atoms. The second-order valence-corrected chi connectivity index (χ2v) is 7.30. The number of hydrogen-bond acceptors (Lipinski definition) is 5. The van der Waals surface area contributed by atoms with Crippen LogP contribution in [0.1, 0.15) is 16.8 Å². The number of likely N-dealkylation sites (N-methyl/N-ethyl adjacent to an activating group) is 1. The van der Waals surface area contributed by atoms with Crippen LogP contribution >= 0.6 is 15.9 Å². The van der Waals surface area contributed by atoms with Gasteiger partial charge in [-0.2, -0.15) is 5.26 Å². The van der Waals surface area contributed by atoms with E-state index in [1.807, 2.05) is 48.5 Å². The van der Waals surface area contributed by atoms with Crippen LogP contribution in [0.15, 0.2) is 59.1 Å². The zero-order chi connectivity index (χ0) is 20.8. The van der Waals surface area contributed by atoms with Crippen molar-refractivity contribution in [1.82, 2.24) is 9.88 Å². The number of pyridine rings is 1. The topological polar surface area (TPSA) is 83.3 Å². The number of ether oxygens (including phenoxy) is 1. The maximum absolute atomic E-state index is 12.8. The highest BCUT2D eigenvalue weighted by Gasteiger charge is 2.18. The van der Waals surface area contributed by atoms with Crippen LogP contribution in [-0.4, -0.2) is 42.0 Å². The average molecular weight is 452 g/mol. The largest absolute Gasteiger partial charge is 0.452 e. The lowest BCUT2D eigenvalue weighted by atomic mass is 10.0. The van der Waals surface area contributed by atoms with E-state index in [0.717, 1.165) is 10.0 Å². The van der Waals surface area contributed by atoms with E-state index in [0.29, 0.717) is 22.2 Å². The van der Waals surface area contributed by atoms with E-state index >= 15 is 0 Å². The summed E-state index contributed by atoms with van der Waals surface area (Å²) in [5, 5.41) is 9.27. The minimum atomic E-state index is -0.595. The first-order valence-electron chi connectivity index (χ1n) is 8.93. The predicted molar refractivity (Wildman–Crippen MR) is 113 cm³/mol. The van der Waals surface area contributed by atoms with Crippen molar-refractivity contribution < 1.29 is 14.3 Å². The minimum absolute atomic E-state index is 0.223. The molecule has 0 unspecified atom stereocenters. The Kier molecular flexibility index (Phi) is 6.57. The summed E-state index contributed by atoms with van der Waals surface area (Å²) in [6.45, 7) is -0.0955. The van der Waals surface area contributed by atoms with Crippen LogP contribution in [0.25, 0.3) is 22.2 Å². The minimum Gasteiger partial charge on any atom is -0.452 e. The lowest BCUT2D eigenvalue weighted by molar-refractivity contribution is -0.133. The number of hydrogen-bond donors (Lipinski definition) is 0. The molecule has 1 amide bonds. The number of rotatable bonds is 6. The molecule has 7 heteroatoms. The number of carbonyl (C=O) groups excluding carboxylic acids is 2. The van der Waals surface area contributed by atoms with Crippen LogP contribution in [0, 0.1) is 11.3 Å². The van der Waals surface area contributed by atoms with Gasteiger partial charge in [-0.25, -0.2) is 9.78 Å². The molecule has 0 aliphatic carbocycles. The molecule has 2 aromatic carbocycles. The number of carbonyl (C=O) groups is 2. The highest BCUT2D eigenvalue weighted by Crippen LogP contribution is 2.27. The number of fused-ring (bicyclic) bond motifs is 1. The number of esters is 1. The molecule has 1 heterocycles. The molecule has 0 saturated heterocycles. The molecule has 1 aromatic heterocycles. The van der Waals surface area contributed by atoms with Crippen molar-refractivity contribution in [3.8, 4) is 17.3 Å². The summed E-state index contributed by atoms with van der Waals surface area (Å²) in [7, 11) is 1.57. The van der Waals surface area contributed by atoms with Gasteiger partial charge in [-0.15, -0.1) is 0 Å². The lowest BCUT2D eigenvalue weighted by Gasteiger charge is -2.15. The highest BCUT2D eigenvalue weighted by molar-refractivity contribution is 9.10. The summed E-state index contributed by atoms with van der Waals surface area (Å²) in [5.74, 6) is -0.957. The van der Waals surface area contributed by atoms with E-state index in [9.17, 15) is 9.59 Å². The fourth-order valence-electron chi connectivity index (χ4n) is 2.80. The van der Waals surface area contributed by atoms with E-state index in [2.05, 4.69) is 20.9 Å². The number of nitrogens with zero attached hydrogens (tertiary/aromatic N) is 3. The Morgan fingerprint density at radius 1 is 1.17 bits per heavy atom. The molecule has 3 rings (SSSR count). The summed E-state index contributed by atoms with van der Waals surface area (Å²) >= 11 is 3.45. The van der Waals surface area contributed by atoms with Gasteiger partial charge in [-0.05, 0) is 24.3 Å². The molecular weight excluding hydrogens is 434 g/mol. The number of para-hydroxylation sites is 1. The maximum Gasteiger partial charge on any atom is 0.339 e. The Bertz CT molecular complexity index is 1110. The first-order valence-corrected chi connectivity index (χ1v) is 9.72. The normalized spacial score (nSPS) is 10.4. The molecule has 0 radical (unpaired) electrons. The molecule has 6 nitrogen and oxygen atoms in total. The van der Waals surface area contributed by atoms with E-state index in [1.54, 1.807) is 19.2 Å². The van der Waals surface area contributed by atoms with E-state index in [4.69, 9.17) is 10.00 Å². The Balaban J connectivity index is 1.88. The van der Waals surface area contributed by atoms with Crippen LogP contribution in [0.2, 0.25) is 0 Å². The van der Waals surface area contributed by atoms with Gasteiger partial charge in [-0.3, -0.25) is 4.79 Å². The smallest absolute Gasteiger partial charge is 0.339 e. The molecule has 0 spiro atoms. The van der Waals surface area contributed by atoms with E-state index in [-0.39, 0.29) is 25.5 Å². The van der Waals surface area contributed by atoms with Gasteiger partial charge in [-0.1, -0.05) is 46.3 Å². The second kappa shape index (κ2) is 9.30. The molecule has 0 aliphatic rings. The summed E-state index contributed by atoms with van der Waals surface area (Å²) in [5.41, 5.74) is 2.49. The lowest BCUT2D eigenvalue weighted by Crippen LogP contribution is -2.32. The van der Waals surface area contributed by atoms with Crippen LogP contribution in [0.3, 0.4) is 0 Å². The average Bonchev–Trinajstić information content (AvgIpc) is 2.74. The first-order chi connectivity index (χ1) is 14.0. The van der Waals surface area contributed by atoms with Gasteiger partial charge in [0.15, 0.2) is 6.61 Å². The summed E-state index contributed by atoms with van der Waals surface area (Å²) in [6, 6.07) is 18.6. The third-order valence-electron chi connectivity index (χ3n) is 4.37. The van der Waals surface area contributed by atoms with E-state index in [1.165, 1.54) is 4.90 Å². The van der Waals surface area contributed by atoms with Crippen molar-refractivity contribution in [3.63, 3.8) is 0 Å². The fourth-order valence-corrected chi connectivity index (χ4v) is 3.20. The zero-order valence-corrected chi connectivity index (χ0v) is 17.3. The van der Waals surface area contributed by atoms with Gasteiger partial charge in [0.1, 0.15) is 0 Å². The van der Waals surface area contributed by atoms with Gasteiger partial charge in [0.25, 0.3) is 5.91 Å². The molecule has 0 aliphatic heterocycles. The Morgan fingerprint density at radius 2 is 1.97 bits per heavy atom. The monoisotopic (exact) mass is 451 g/mol. The van der Waals surface area contributed by atoms with Crippen molar-refractivity contribution in [2.24, 2.45) is 0 Å². The standard InChI is InChI=1S/C22H18BrN3O3/c1-26(11-5-10-24)21(27)14-29-22(28)18-13-20(15-6-4-7-16(23)12-15)25-19-9-3-2-8-17(18)19/h2-4,6-9,12-13H,5,11,14H2,1H3. The Morgan fingerprint density at radius 3 is 2.72 bits per heavy atom. The third kappa shape index (κ3) is 4.98. The number of halogens is 1. The van der Waals surface area contributed by atoms with Gasteiger partial charge < -0.3 is 9.64 Å². The summed E-state index contributed by atoms with van der Waals surface area (Å²) in [4.78, 5) is 30.9. The third-order valence-corrected chi connectivity index (χ3v) is 4.86. The van der Waals surface area contributed by atoms with Crippen molar-refractivity contribution in [2.45, 2.75) is 6.42 Å². The van der Waals surface area contributed by atoms with Crippen LogP contribution in [-0.2, 0) is 9.53 Å². The van der Waals surface area contributed by atoms with Gasteiger partial charge in [0.05, 0.1) is 29.3 Å². The van der Waals surface area contributed by atoms with Crippen molar-refractivity contribution in [1.29, 1.82) is 5.26 Å². The van der Waals surface area contributed by atoms with Crippen LogP contribution < -0.4 is 0 Å². The number of aromatic nitrogens is 1. The fraction of sp³-hybridized carbons (Fsp3) is 0.182. The Hall–Kier alpha value is -3.24. The number of amides is 1. The SMILES string of the molecule is CN(CCC#N)C(=O)COC(=O)c1cc(-c2cccc(Br)c2)nc2ccccc12. The van der Waals surface area contributed by atoms with Crippen LogP contribution in [0.5, 0.6) is 0 Å². The molecule has 0 fully saturated rings. The summed E-state index contributed by atoms with van der Waals surface area (Å²) < 4.78 is 6.17. The quantitative estimate of drug-likeness (QED) is 0.524. The molecular formula is C22H18BrN3O3. The second-order valence-electron chi connectivity index (χ2n) is 6.38. The van der Waals surface area contributed by atoms with Crippen molar-refractivity contribution in [3.05, 3.63) is 64.6 Å². The maximum atomic E-state index is 12.8. The van der Waals surface area contributed by atoms with Crippen molar-refractivity contribution in [2.75, 3.05) is 20.2 Å². The first kappa shape index (κ1) is 20.5. The predicted octanol–water partition coefficient (Wildman–Crippen LogP) is 4.19. The molecule has 0 N–H and O–H groups in total. The molecule has 146 valence electrons. The van der Waals surface area contributed by atoms with E-state index < -0.39 is 5.97 Å². The molecule has 0 atom stereocenters. The number of benzene rings is 2. The zero-order valence-electron chi connectivity index (χ0n) is 15.8. The van der Waals surface area contributed by atoms with Crippen molar-refractivity contribution >= 4 is 38.7 Å². The molecule has 0 saturated carbocycles.